The summed E-state index contributed by atoms with van der Waals surface area (Å²) in [6.45, 7) is 2.16. The molecule has 0 aromatic heterocycles. The van der Waals surface area contributed by atoms with Crippen LogP contribution < -0.4 is 0 Å². The quantitative estimate of drug-likeness (QED) is 0.535. The highest BCUT2D eigenvalue weighted by Crippen LogP contribution is 2.45. The Morgan fingerprint density at radius 1 is 1.07 bits per heavy atom. The van der Waals surface area contributed by atoms with Gasteiger partial charge in [0.15, 0.2) is 0 Å². The van der Waals surface area contributed by atoms with Gasteiger partial charge in [0.2, 0.25) is 0 Å². The van der Waals surface area contributed by atoms with Gasteiger partial charge in [-0.15, -0.1) is 0 Å². The highest BCUT2D eigenvalue weighted by atomic mass is 16.1. The van der Waals surface area contributed by atoms with E-state index in [1.54, 1.807) is 0 Å². The number of hydrogen-bond donors (Lipinski definition) is 0. The lowest BCUT2D eigenvalue weighted by Crippen LogP contribution is -2.29. The first kappa shape index (κ1) is 9.95. The van der Waals surface area contributed by atoms with Gasteiger partial charge in [-0.3, -0.25) is 4.79 Å². The van der Waals surface area contributed by atoms with E-state index in [4.69, 9.17) is 0 Å². The van der Waals surface area contributed by atoms with Gasteiger partial charge in [-0.1, -0.05) is 43.8 Å². The Balaban J connectivity index is 2.18. The van der Waals surface area contributed by atoms with Gasteiger partial charge in [0.25, 0.3) is 0 Å². The summed E-state index contributed by atoms with van der Waals surface area (Å²) in [7, 11) is 0. The van der Waals surface area contributed by atoms with Crippen molar-refractivity contribution < 1.29 is 4.79 Å². The lowest BCUT2D eigenvalue weighted by Gasteiger charge is -2.31. The molecule has 0 aromatic rings. The summed E-state index contributed by atoms with van der Waals surface area (Å²) in [4.78, 5) is 12.0. The number of ketones is 1. The Morgan fingerprint density at radius 2 is 1.64 bits per heavy atom. The Labute approximate surface area is 86.6 Å². The van der Waals surface area contributed by atoms with Crippen LogP contribution in [0.2, 0.25) is 0 Å². The van der Waals surface area contributed by atoms with E-state index in [2.05, 4.69) is 13.0 Å². The summed E-state index contributed by atoms with van der Waals surface area (Å²) < 4.78 is 0. The molecule has 2 aliphatic rings. The van der Waals surface area contributed by atoms with E-state index in [1.165, 1.54) is 37.7 Å². The maximum Gasteiger partial charge on any atom is 0.146 e. The third kappa shape index (κ3) is 1.53. The van der Waals surface area contributed by atoms with Crippen LogP contribution in [0.4, 0.5) is 0 Å². The number of hydrogen-bond acceptors (Lipinski definition) is 1. The van der Waals surface area contributed by atoms with E-state index in [1.807, 2.05) is 0 Å². The topological polar surface area (TPSA) is 17.1 Å². The van der Waals surface area contributed by atoms with E-state index in [9.17, 15) is 4.79 Å². The minimum absolute atomic E-state index is 0.0135. The smallest absolute Gasteiger partial charge is 0.146 e. The van der Waals surface area contributed by atoms with E-state index >= 15 is 0 Å². The first-order chi connectivity index (χ1) is 6.76. The van der Waals surface area contributed by atoms with Crippen molar-refractivity contribution in [2.24, 2.45) is 5.41 Å². The van der Waals surface area contributed by atoms with Crippen molar-refractivity contribution in [3.8, 4) is 0 Å². The van der Waals surface area contributed by atoms with E-state index in [0.29, 0.717) is 12.2 Å². The SMILES string of the molecule is CC1=CCC(=O)C12CCCCCCC2. The Kier molecular flexibility index (Phi) is 2.76. The van der Waals surface area contributed by atoms with Crippen LogP contribution in [0.3, 0.4) is 0 Å². The van der Waals surface area contributed by atoms with E-state index < -0.39 is 0 Å². The molecule has 0 radical (unpaired) electrons. The fraction of sp³-hybridized carbons (Fsp3) is 0.769. The van der Waals surface area contributed by atoms with Crippen molar-refractivity contribution in [2.75, 3.05) is 0 Å². The number of carbonyl (C=O) groups is 1. The molecule has 1 heteroatoms. The summed E-state index contributed by atoms with van der Waals surface area (Å²) in [6.07, 6.45) is 11.6. The third-order valence-electron chi connectivity index (χ3n) is 4.09. The lowest BCUT2D eigenvalue weighted by atomic mass is 9.71. The van der Waals surface area contributed by atoms with Gasteiger partial charge < -0.3 is 0 Å². The van der Waals surface area contributed by atoms with Crippen LogP contribution >= 0.6 is 0 Å². The number of allylic oxidation sites excluding steroid dienone is 2. The van der Waals surface area contributed by atoms with Gasteiger partial charge in [-0.25, -0.2) is 0 Å². The molecule has 0 saturated heterocycles. The van der Waals surface area contributed by atoms with Crippen LogP contribution in [-0.4, -0.2) is 5.78 Å². The maximum absolute atomic E-state index is 12.0. The summed E-state index contributed by atoms with van der Waals surface area (Å²) in [5.41, 5.74) is 1.35. The van der Waals surface area contributed by atoms with Crippen molar-refractivity contribution in [1.29, 1.82) is 0 Å². The molecule has 0 N–H and O–H groups in total. The zero-order chi connectivity index (χ0) is 10.0. The molecule has 78 valence electrons. The second kappa shape index (κ2) is 3.88. The summed E-state index contributed by atoms with van der Waals surface area (Å²) in [6, 6.07) is 0. The molecule has 0 atom stereocenters. The molecular formula is C13H20O. The molecule has 0 bridgehead atoms. The molecule has 1 nitrogen and oxygen atoms in total. The molecule has 2 aliphatic carbocycles. The van der Waals surface area contributed by atoms with Crippen LogP contribution in [0, 0.1) is 5.41 Å². The average Bonchev–Trinajstić information content (AvgIpc) is 2.39. The first-order valence-corrected chi connectivity index (χ1v) is 5.96. The van der Waals surface area contributed by atoms with Crippen molar-refractivity contribution in [3.05, 3.63) is 11.6 Å². The van der Waals surface area contributed by atoms with E-state index in [0.717, 1.165) is 12.8 Å². The van der Waals surface area contributed by atoms with E-state index in [-0.39, 0.29) is 5.41 Å². The molecule has 0 aromatic carbocycles. The number of Topliss-reactive ketones (excluding diaryl/α,β-unsaturated/α-hetero) is 1. The Hall–Kier alpha value is -0.590. The zero-order valence-electron chi connectivity index (χ0n) is 9.14. The largest absolute Gasteiger partial charge is 0.298 e. The molecular weight excluding hydrogens is 172 g/mol. The number of rotatable bonds is 0. The van der Waals surface area contributed by atoms with Gasteiger partial charge >= 0.3 is 0 Å². The maximum atomic E-state index is 12.0. The van der Waals surface area contributed by atoms with Crippen LogP contribution in [0.15, 0.2) is 11.6 Å². The lowest BCUT2D eigenvalue weighted by molar-refractivity contribution is -0.125. The van der Waals surface area contributed by atoms with Crippen LogP contribution in [-0.2, 0) is 4.79 Å². The Morgan fingerprint density at radius 3 is 2.14 bits per heavy atom. The van der Waals surface area contributed by atoms with Crippen molar-refractivity contribution in [3.63, 3.8) is 0 Å². The minimum Gasteiger partial charge on any atom is -0.298 e. The summed E-state index contributed by atoms with van der Waals surface area (Å²) in [5.74, 6) is 0.497. The van der Waals surface area contributed by atoms with Crippen molar-refractivity contribution in [2.45, 2.75) is 58.3 Å². The molecule has 0 heterocycles. The van der Waals surface area contributed by atoms with Crippen molar-refractivity contribution in [1.82, 2.24) is 0 Å². The highest BCUT2D eigenvalue weighted by molar-refractivity contribution is 5.92. The highest BCUT2D eigenvalue weighted by Gasteiger charge is 2.41. The Bertz CT molecular complexity index is 254. The van der Waals surface area contributed by atoms with Gasteiger partial charge in [0.05, 0.1) is 0 Å². The predicted octanol–water partition coefficient (Wildman–Crippen LogP) is 3.64. The molecule has 1 fully saturated rings. The summed E-state index contributed by atoms with van der Waals surface area (Å²) >= 11 is 0. The van der Waals surface area contributed by atoms with Crippen LogP contribution in [0.25, 0.3) is 0 Å². The molecule has 1 saturated carbocycles. The second-order valence-electron chi connectivity index (χ2n) is 4.86. The second-order valence-corrected chi connectivity index (χ2v) is 4.86. The normalized spacial score (nSPS) is 27.2. The summed E-state index contributed by atoms with van der Waals surface area (Å²) in [5, 5.41) is 0. The molecule has 0 unspecified atom stereocenters. The minimum atomic E-state index is -0.0135. The molecule has 14 heavy (non-hydrogen) atoms. The standard InChI is InChI=1S/C13H20O/c1-11-7-8-12(14)13(11)9-5-3-2-4-6-10-13/h7H,2-6,8-10H2,1H3. The van der Waals surface area contributed by atoms with Crippen LogP contribution in [0.5, 0.6) is 0 Å². The zero-order valence-corrected chi connectivity index (χ0v) is 9.14. The van der Waals surface area contributed by atoms with Gasteiger partial charge in [0.1, 0.15) is 5.78 Å². The van der Waals surface area contributed by atoms with Gasteiger partial charge in [0, 0.05) is 11.8 Å². The first-order valence-electron chi connectivity index (χ1n) is 5.96. The number of carbonyl (C=O) groups excluding carboxylic acids is 1. The van der Waals surface area contributed by atoms with Crippen molar-refractivity contribution >= 4 is 5.78 Å². The van der Waals surface area contributed by atoms with Gasteiger partial charge in [-0.2, -0.15) is 0 Å². The van der Waals surface area contributed by atoms with Crippen LogP contribution in [0.1, 0.15) is 58.3 Å². The fourth-order valence-electron chi connectivity index (χ4n) is 3.04. The fourth-order valence-corrected chi connectivity index (χ4v) is 3.04. The molecule has 0 aliphatic heterocycles. The monoisotopic (exact) mass is 192 g/mol. The molecule has 1 spiro atoms. The average molecular weight is 192 g/mol. The predicted molar refractivity (Wildman–Crippen MR) is 58.1 cm³/mol. The third-order valence-corrected chi connectivity index (χ3v) is 4.09. The molecule has 2 rings (SSSR count). The van der Waals surface area contributed by atoms with Gasteiger partial charge in [-0.05, 0) is 19.8 Å². The molecule has 0 amide bonds.